The van der Waals surface area contributed by atoms with Crippen LogP contribution < -0.4 is 5.32 Å². The van der Waals surface area contributed by atoms with Crippen molar-refractivity contribution in [3.8, 4) is 0 Å². The number of methoxy groups -OCH3 is 1. The van der Waals surface area contributed by atoms with Crippen molar-refractivity contribution < 1.29 is 28.3 Å². The maximum atomic E-state index is 13.3. The Balaban J connectivity index is 1.57. The van der Waals surface area contributed by atoms with Gasteiger partial charge in [-0.3, -0.25) is 14.3 Å². The van der Waals surface area contributed by atoms with Crippen molar-refractivity contribution in [2.45, 2.75) is 25.6 Å². The average Bonchev–Trinajstić information content (AvgIpc) is 3.05. The van der Waals surface area contributed by atoms with Crippen molar-refractivity contribution >= 4 is 35.2 Å². The van der Waals surface area contributed by atoms with Crippen LogP contribution in [0.5, 0.6) is 0 Å². The van der Waals surface area contributed by atoms with Gasteiger partial charge in [0.25, 0.3) is 5.91 Å². The number of carbonyl (C=O) groups excluding carboxylic acids is 3. The number of hydroxylamine groups is 2. The molecular weight excluding hydrogens is 433 g/mol. The second-order valence-corrected chi connectivity index (χ2v) is 7.51. The molecule has 0 fully saturated rings. The monoisotopic (exact) mass is 451 g/mol. The summed E-state index contributed by atoms with van der Waals surface area (Å²) in [5.74, 6) is -1.69. The van der Waals surface area contributed by atoms with Crippen LogP contribution in [0.1, 0.15) is 21.7 Å². The smallest absolute Gasteiger partial charge is 0.339 e. The largest absolute Gasteiger partial charge is 0.467 e. The average molecular weight is 452 g/mol. The standard InChI is InChI=1S/C19H19ClFN5O5/c1-24-17(27)16-11-8-25(19(29)22-10-3-4-13(21)12(20)7-10)6-5-14(11)23-26(16)9-15(31-24)18(28)30-2/h3-4,7,15H,5-6,8-9H2,1-2H3,(H,22,29). The van der Waals surface area contributed by atoms with Crippen LogP contribution in [0.3, 0.4) is 0 Å². The summed E-state index contributed by atoms with van der Waals surface area (Å²) in [6.45, 7) is 0.504. The number of fused-ring (bicyclic) bond motifs is 3. The number of halogens is 2. The number of hydrogen-bond acceptors (Lipinski definition) is 6. The first kappa shape index (κ1) is 21.1. The van der Waals surface area contributed by atoms with E-state index in [9.17, 15) is 18.8 Å². The van der Waals surface area contributed by atoms with Crippen LogP contribution in [0.4, 0.5) is 14.9 Å². The van der Waals surface area contributed by atoms with Gasteiger partial charge in [0, 0.05) is 31.3 Å². The van der Waals surface area contributed by atoms with Crippen molar-refractivity contribution in [2.24, 2.45) is 0 Å². The van der Waals surface area contributed by atoms with Crippen LogP contribution in [-0.2, 0) is 33.9 Å². The minimum Gasteiger partial charge on any atom is -0.467 e. The molecule has 2 aromatic rings. The van der Waals surface area contributed by atoms with Gasteiger partial charge in [-0.15, -0.1) is 0 Å². The first-order valence-corrected chi connectivity index (χ1v) is 9.78. The van der Waals surface area contributed by atoms with Gasteiger partial charge in [-0.2, -0.15) is 5.10 Å². The normalized spacial score (nSPS) is 18.2. The number of nitrogens with one attached hydrogen (secondary N) is 1. The number of hydrogen-bond donors (Lipinski definition) is 1. The zero-order valence-electron chi connectivity index (χ0n) is 16.7. The highest BCUT2D eigenvalue weighted by Crippen LogP contribution is 2.27. The molecule has 2 aliphatic rings. The molecule has 12 heteroatoms. The van der Waals surface area contributed by atoms with Crippen LogP contribution in [0.2, 0.25) is 5.02 Å². The van der Waals surface area contributed by atoms with Crippen LogP contribution in [0, 0.1) is 5.82 Å². The summed E-state index contributed by atoms with van der Waals surface area (Å²) in [7, 11) is 2.64. The number of nitrogens with zero attached hydrogens (tertiary/aromatic N) is 4. The Morgan fingerprint density at radius 3 is 2.87 bits per heavy atom. The Kier molecular flexibility index (Phi) is 5.54. The maximum absolute atomic E-state index is 13.3. The van der Waals surface area contributed by atoms with Crippen molar-refractivity contribution in [3.63, 3.8) is 0 Å². The Morgan fingerprint density at radius 2 is 2.16 bits per heavy atom. The molecule has 1 aromatic carbocycles. The van der Waals surface area contributed by atoms with Gasteiger partial charge in [0.15, 0.2) is 0 Å². The molecule has 0 saturated carbocycles. The van der Waals surface area contributed by atoms with Crippen molar-refractivity contribution in [1.29, 1.82) is 0 Å². The lowest BCUT2D eigenvalue weighted by Gasteiger charge is -2.27. The molecule has 3 amide bonds. The van der Waals surface area contributed by atoms with Gasteiger partial charge in [0.05, 0.1) is 30.9 Å². The van der Waals surface area contributed by atoms with Crippen LogP contribution >= 0.6 is 11.6 Å². The van der Waals surface area contributed by atoms with Crippen LogP contribution in [-0.4, -0.2) is 64.5 Å². The van der Waals surface area contributed by atoms with Gasteiger partial charge >= 0.3 is 12.0 Å². The summed E-state index contributed by atoms with van der Waals surface area (Å²) < 4.78 is 19.5. The number of carbonyl (C=O) groups is 3. The summed E-state index contributed by atoms with van der Waals surface area (Å²) >= 11 is 5.77. The molecule has 1 N–H and O–H groups in total. The predicted octanol–water partition coefficient (Wildman–Crippen LogP) is 1.82. The number of anilines is 1. The Labute approximate surface area is 181 Å². The molecule has 10 nitrogen and oxygen atoms in total. The fraction of sp³-hybridized carbons (Fsp3) is 0.368. The molecule has 0 radical (unpaired) electrons. The minimum absolute atomic E-state index is 0.00532. The molecule has 1 aromatic heterocycles. The Morgan fingerprint density at radius 1 is 1.39 bits per heavy atom. The predicted molar refractivity (Wildman–Crippen MR) is 106 cm³/mol. The molecule has 1 unspecified atom stereocenters. The summed E-state index contributed by atoms with van der Waals surface area (Å²) in [4.78, 5) is 44.5. The lowest BCUT2D eigenvalue weighted by molar-refractivity contribution is -0.185. The summed E-state index contributed by atoms with van der Waals surface area (Å²) in [5.41, 5.74) is 1.87. The first-order chi connectivity index (χ1) is 14.8. The van der Waals surface area contributed by atoms with Crippen molar-refractivity contribution in [3.05, 3.63) is 46.0 Å². The zero-order chi connectivity index (χ0) is 22.3. The quantitative estimate of drug-likeness (QED) is 0.698. The molecule has 0 aliphatic carbocycles. The molecule has 3 heterocycles. The number of benzene rings is 1. The van der Waals surface area contributed by atoms with E-state index in [0.717, 1.165) is 11.1 Å². The highest BCUT2D eigenvalue weighted by molar-refractivity contribution is 6.31. The van der Waals surface area contributed by atoms with E-state index in [-0.39, 0.29) is 23.8 Å². The molecule has 0 saturated heterocycles. The lowest BCUT2D eigenvalue weighted by atomic mass is 10.1. The highest BCUT2D eigenvalue weighted by atomic mass is 35.5. The fourth-order valence-corrected chi connectivity index (χ4v) is 3.76. The number of rotatable bonds is 2. The zero-order valence-corrected chi connectivity index (χ0v) is 17.5. The molecule has 0 spiro atoms. The second kappa shape index (κ2) is 8.16. The molecule has 4 rings (SSSR count). The van der Waals surface area contributed by atoms with Crippen molar-refractivity contribution in [1.82, 2.24) is 19.7 Å². The summed E-state index contributed by atoms with van der Waals surface area (Å²) in [5, 5.41) is 8.01. The van der Waals surface area contributed by atoms with Gasteiger partial charge < -0.3 is 15.0 Å². The van der Waals surface area contributed by atoms with Gasteiger partial charge in [-0.1, -0.05) is 11.6 Å². The Hall–Kier alpha value is -3.18. The van der Waals surface area contributed by atoms with Gasteiger partial charge in [-0.05, 0) is 18.2 Å². The molecule has 1 atom stereocenters. The number of esters is 1. The number of amides is 3. The van der Waals surface area contributed by atoms with Gasteiger partial charge in [0.1, 0.15) is 11.5 Å². The lowest BCUT2D eigenvalue weighted by Crippen LogP contribution is -2.40. The Bertz CT molecular complexity index is 1070. The van der Waals surface area contributed by atoms with E-state index in [4.69, 9.17) is 21.2 Å². The van der Waals surface area contributed by atoms with Crippen molar-refractivity contribution in [2.75, 3.05) is 26.0 Å². The molecule has 0 bridgehead atoms. The SMILES string of the molecule is COC(=O)C1Cn2nc3c(c2C(=O)N(C)O1)CN(C(=O)Nc1ccc(F)c(Cl)c1)CC3. The third-order valence-corrected chi connectivity index (χ3v) is 5.43. The summed E-state index contributed by atoms with van der Waals surface area (Å²) in [6.07, 6.45) is -0.600. The third-order valence-electron chi connectivity index (χ3n) is 5.14. The van der Waals surface area contributed by atoms with Gasteiger partial charge in [0.2, 0.25) is 6.10 Å². The van der Waals surface area contributed by atoms with E-state index in [1.165, 1.54) is 35.9 Å². The summed E-state index contributed by atoms with van der Waals surface area (Å²) in [6, 6.07) is 3.46. The van der Waals surface area contributed by atoms with E-state index >= 15 is 0 Å². The van der Waals surface area contributed by atoms with Gasteiger partial charge in [-0.25, -0.2) is 19.0 Å². The molecular formula is C19H19ClFN5O5. The number of aromatic nitrogens is 2. The highest BCUT2D eigenvalue weighted by Gasteiger charge is 2.37. The van der Waals surface area contributed by atoms with Crippen LogP contribution in [0.25, 0.3) is 0 Å². The number of urea groups is 1. The molecule has 31 heavy (non-hydrogen) atoms. The third kappa shape index (κ3) is 3.93. The second-order valence-electron chi connectivity index (χ2n) is 7.11. The topological polar surface area (TPSA) is 106 Å². The first-order valence-electron chi connectivity index (χ1n) is 9.40. The van der Waals surface area contributed by atoms with E-state index < -0.39 is 29.8 Å². The fourth-order valence-electron chi connectivity index (χ4n) is 3.57. The van der Waals surface area contributed by atoms with E-state index in [0.29, 0.717) is 29.9 Å². The number of ether oxygens (including phenoxy) is 1. The minimum atomic E-state index is -1.02. The maximum Gasteiger partial charge on any atom is 0.339 e. The van der Waals surface area contributed by atoms with E-state index in [1.807, 2.05) is 0 Å². The molecule has 2 aliphatic heterocycles. The van der Waals surface area contributed by atoms with E-state index in [2.05, 4.69) is 10.4 Å². The molecule has 164 valence electrons. The van der Waals surface area contributed by atoms with E-state index in [1.54, 1.807) is 0 Å². The van der Waals surface area contributed by atoms with Crippen LogP contribution in [0.15, 0.2) is 18.2 Å².